The van der Waals surface area contributed by atoms with Gasteiger partial charge in [-0.05, 0) is 52.6 Å². The van der Waals surface area contributed by atoms with Crippen LogP contribution in [0.4, 0.5) is 4.79 Å². The third-order valence-corrected chi connectivity index (χ3v) is 3.63. The van der Waals surface area contributed by atoms with Gasteiger partial charge in [-0.25, -0.2) is 4.79 Å². The van der Waals surface area contributed by atoms with Gasteiger partial charge in [-0.2, -0.15) is 5.10 Å². The molecule has 1 N–H and O–H groups in total. The number of piperidine rings is 1. The molecular formula is C16H28N4O2. The fraction of sp³-hybridized carbons (Fsp3) is 0.750. The topological polar surface area (TPSA) is 59.4 Å². The zero-order valence-electron chi connectivity index (χ0n) is 13.9. The Morgan fingerprint density at radius 1 is 1.45 bits per heavy atom. The maximum Gasteiger partial charge on any atom is 0.410 e. The summed E-state index contributed by atoms with van der Waals surface area (Å²) in [6.45, 7) is 9.09. The van der Waals surface area contributed by atoms with Crippen molar-refractivity contribution in [3.8, 4) is 0 Å². The van der Waals surface area contributed by atoms with E-state index in [0.29, 0.717) is 6.04 Å². The number of carbonyl (C=O) groups is 1. The molecular weight excluding hydrogens is 280 g/mol. The second kappa shape index (κ2) is 7.63. The second-order valence-electron chi connectivity index (χ2n) is 6.84. The van der Waals surface area contributed by atoms with Crippen molar-refractivity contribution in [3.05, 3.63) is 18.5 Å². The fourth-order valence-corrected chi connectivity index (χ4v) is 2.62. The number of nitrogens with zero attached hydrogens (tertiary/aromatic N) is 3. The Balaban J connectivity index is 1.68. The molecule has 1 saturated heterocycles. The average Bonchev–Trinajstić information content (AvgIpc) is 2.95. The molecule has 1 aliphatic rings. The lowest BCUT2D eigenvalue weighted by atomic mass is 10.1. The Morgan fingerprint density at radius 2 is 2.27 bits per heavy atom. The summed E-state index contributed by atoms with van der Waals surface area (Å²) in [6, 6.07) is 2.30. The fourth-order valence-electron chi connectivity index (χ4n) is 2.62. The Kier molecular flexibility index (Phi) is 5.83. The van der Waals surface area contributed by atoms with E-state index in [4.69, 9.17) is 4.74 Å². The van der Waals surface area contributed by atoms with E-state index in [9.17, 15) is 4.79 Å². The van der Waals surface area contributed by atoms with Crippen LogP contribution < -0.4 is 5.32 Å². The zero-order valence-corrected chi connectivity index (χ0v) is 13.9. The van der Waals surface area contributed by atoms with E-state index in [2.05, 4.69) is 10.4 Å². The molecule has 0 spiro atoms. The van der Waals surface area contributed by atoms with Crippen LogP contribution in [0.1, 0.15) is 40.0 Å². The van der Waals surface area contributed by atoms with Crippen LogP contribution in [0.5, 0.6) is 0 Å². The largest absolute Gasteiger partial charge is 0.444 e. The molecule has 1 unspecified atom stereocenters. The molecule has 1 aliphatic heterocycles. The maximum atomic E-state index is 12.1. The molecule has 0 radical (unpaired) electrons. The molecule has 6 nitrogen and oxygen atoms in total. The number of likely N-dealkylation sites (tertiary alicyclic amines) is 1. The number of rotatable bonds is 5. The lowest BCUT2D eigenvalue weighted by Gasteiger charge is -2.34. The van der Waals surface area contributed by atoms with Gasteiger partial charge in [-0.1, -0.05) is 0 Å². The minimum Gasteiger partial charge on any atom is -0.444 e. The van der Waals surface area contributed by atoms with Gasteiger partial charge in [-0.3, -0.25) is 4.68 Å². The van der Waals surface area contributed by atoms with Gasteiger partial charge < -0.3 is 15.0 Å². The van der Waals surface area contributed by atoms with Gasteiger partial charge >= 0.3 is 6.09 Å². The van der Waals surface area contributed by atoms with Crippen LogP contribution in [0.3, 0.4) is 0 Å². The monoisotopic (exact) mass is 308 g/mol. The highest BCUT2D eigenvalue weighted by atomic mass is 16.6. The summed E-state index contributed by atoms with van der Waals surface area (Å²) in [5.74, 6) is 0. The highest BCUT2D eigenvalue weighted by molar-refractivity contribution is 5.68. The van der Waals surface area contributed by atoms with Crippen LogP contribution in [0, 0.1) is 0 Å². The molecule has 1 aromatic rings. The Bertz CT molecular complexity index is 453. The second-order valence-corrected chi connectivity index (χ2v) is 6.84. The van der Waals surface area contributed by atoms with Gasteiger partial charge in [0.15, 0.2) is 0 Å². The van der Waals surface area contributed by atoms with Crippen LogP contribution in [-0.4, -0.2) is 52.1 Å². The summed E-state index contributed by atoms with van der Waals surface area (Å²) < 4.78 is 7.39. The molecule has 1 aromatic heterocycles. The van der Waals surface area contributed by atoms with Gasteiger partial charge in [-0.15, -0.1) is 0 Å². The Morgan fingerprint density at radius 3 is 2.95 bits per heavy atom. The van der Waals surface area contributed by atoms with Crippen molar-refractivity contribution in [3.63, 3.8) is 0 Å². The molecule has 1 amide bonds. The summed E-state index contributed by atoms with van der Waals surface area (Å²) in [4.78, 5) is 13.9. The van der Waals surface area contributed by atoms with E-state index in [0.717, 1.165) is 45.4 Å². The number of hydrogen-bond acceptors (Lipinski definition) is 4. The smallest absolute Gasteiger partial charge is 0.410 e. The third kappa shape index (κ3) is 5.67. The molecule has 0 aliphatic carbocycles. The SMILES string of the molecule is CC(C)(C)OC(=O)N1CCCC(NCCCn2cccn2)C1. The van der Waals surface area contributed by atoms with Crippen LogP contribution >= 0.6 is 0 Å². The van der Waals surface area contributed by atoms with E-state index in [1.807, 2.05) is 42.6 Å². The van der Waals surface area contributed by atoms with Crippen molar-refractivity contribution >= 4 is 6.09 Å². The molecule has 1 atom stereocenters. The predicted molar refractivity (Wildman–Crippen MR) is 85.7 cm³/mol. The van der Waals surface area contributed by atoms with Crippen molar-refractivity contribution in [2.45, 2.75) is 58.2 Å². The van der Waals surface area contributed by atoms with Crippen LogP contribution in [0.2, 0.25) is 0 Å². The van der Waals surface area contributed by atoms with Gasteiger partial charge in [0.25, 0.3) is 0 Å². The van der Waals surface area contributed by atoms with Crippen molar-refractivity contribution in [2.24, 2.45) is 0 Å². The predicted octanol–water partition coefficient (Wildman–Crippen LogP) is 2.26. The number of ether oxygens (including phenoxy) is 1. The average molecular weight is 308 g/mol. The third-order valence-electron chi connectivity index (χ3n) is 3.63. The van der Waals surface area contributed by atoms with Crippen molar-refractivity contribution < 1.29 is 9.53 Å². The van der Waals surface area contributed by atoms with Gasteiger partial charge in [0, 0.05) is 38.1 Å². The Hall–Kier alpha value is -1.56. The first-order chi connectivity index (χ1) is 10.4. The summed E-state index contributed by atoms with van der Waals surface area (Å²) >= 11 is 0. The normalized spacial score (nSPS) is 19.2. The lowest BCUT2D eigenvalue weighted by molar-refractivity contribution is 0.0187. The maximum absolute atomic E-state index is 12.1. The zero-order chi connectivity index (χ0) is 16.0. The molecule has 2 heterocycles. The van der Waals surface area contributed by atoms with Gasteiger partial charge in [0.2, 0.25) is 0 Å². The first kappa shape index (κ1) is 16.8. The summed E-state index contributed by atoms with van der Waals surface area (Å²) in [6.07, 6.45) is 6.75. The van der Waals surface area contributed by atoms with Crippen molar-refractivity contribution in [1.29, 1.82) is 0 Å². The molecule has 1 fully saturated rings. The first-order valence-electron chi connectivity index (χ1n) is 8.13. The lowest BCUT2D eigenvalue weighted by Crippen LogP contribution is -2.49. The number of nitrogens with one attached hydrogen (secondary N) is 1. The van der Waals surface area contributed by atoms with Crippen LogP contribution in [0.15, 0.2) is 18.5 Å². The highest BCUT2D eigenvalue weighted by Gasteiger charge is 2.27. The van der Waals surface area contributed by atoms with Crippen molar-refractivity contribution in [2.75, 3.05) is 19.6 Å². The van der Waals surface area contributed by atoms with Crippen LogP contribution in [0.25, 0.3) is 0 Å². The van der Waals surface area contributed by atoms with E-state index >= 15 is 0 Å². The molecule has 22 heavy (non-hydrogen) atoms. The molecule has 0 saturated carbocycles. The quantitative estimate of drug-likeness (QED) is 0.848. The van der Waals surface area contributed by atoms with Gasteiger partial charge in [0.1, 0.15) is 5.60 Å². The van der Waals surface area contributed by atoms with E-state index in [1.54, 1.807) is 6.20 Å². The molecule has 124 valence electrons. The number of carbonyl (C=O) groups excluding carboxylic acids is 1. The minimum atomic E-state index is -0.429. The summed E-state index contributed by atoms with van der Waals surface area (Å²) in [7, 11) is 0. The number of hydrogen-bond donors (Lipinski definition) is 1. The standard InChI is InChI=1S/C16H28N4O2/c1-16(2,3)22-15(21)19-10-4-7-14(13-19)17-8-5-11-20-12-6-9-18-20/h6,9,12,14,17H,4-5,7-8,10-11,13H2,1-3H3. The first-order valence-corrected chi connectivity index (χ1v) is 8.13. The molecule has 2 rings (SSSR count). The van der Waals surface area contributed by atoms with E-state index in [-0.39, 0.29) is 6.09 Å². The summed E-state index contributed by atoms with van der Waals surface area (Å²) in [5, 5.41) is 7.73. The highest BCUT2D eigenvalue weighted by Crippen LogP contribution is 2.15. The van der Waals surface area contributed by atoms with Gasteiger partial charge in [0.05, 0.1) is 0 Å². The van der Waals surface area contributed by atoms with E-state index < -0.39 is 5.60 Å². The minimum absolute atomic E-state index is 0.199. The number of amides is 1. The molecule has 6 heteroatoms. The summed E-state index contributed by atoms with van der Waals surface area (Å²) in [5.41, 5.74) is -0.429. The van der Waals surface area contributed by atoms with E-state index in [1.165, 1.54) is 0 Å². The van der Waals surface area contributed by atoms with Crippen molar-refractivity contribution in [1.82, 2.24) is 20.0 Å². The molecule has 0 bridgehead atoms. The molecule has 0 aromatic carbocycles. The van der Waals surface area contributed by atoms with Crippen LogP contribution in [-0.2, 0) is 11.3 Å². The number of aryl methyl sites for hydroxylation is 1. The number of aromatic nitrogens is 2. The Labute approximate surface area is 132 Å².